The number of aromatic nitrogens is 4. The SMILES string of the molecule is CCC1CCN(c2cnc(-c3ccc4[nH]ncc4c3)c(-c3ccc(C#N)c(F)c3)n2)CC1. The first-order valence-electron chi connectivity index (χ1n) is 10.9. The number of nitrogens with one attached hydrogen (secondary N) is 1. The lowest BCUT2D eigenvalue weighted by Crippen LogP contribution is -2.34. The number of anilines is 1. The first-order valence-corrected chi connectivity index (χ1v) is 10.9. The monoisotopic (exact) mass is 426 g/mol. The van der Waals surface area contributed by atoms with Crippen LogP contribution in [0.4, 0.5) is 10.2 Å². The zero-order chi connectivity index (χ0) is 22.1. The van der Waals surface area contributed by atoms with Gasteiger partial charge in [0.25, 0.3) is 0 Å². The number of rotatable bonds is 4. The average molecular weight is 426 g/mol. The van der Waals surface area contributed by atoms with Gasteiger partial charge in [-0.05, 0) is 43.0 Å². The van der Waals surface area contributed by atoms with Crippen LogP contribution in [0.2, 0.25) is 0 Å². The van der Waals surface area contributed by atoms with Gasteiger partial charge in [0.15, 0.2) is 0 Å². The normalized spacial score (nSPS) is 14.6. The molecule has 1 fully saturated rings. The summed E-state index contributed by atoms with van der Waals surface area (Å²) in [7, 11) is 0. The van der Waals surface area contributed by atoms with E-state index in [9.17, 15) is 4.39 Å². The molecule has 5 rings (SSSR count). The van der Waals surface area contributed by atoms with Gasteiger partial charge in [-0.1, -0.05) is 25.5 Å². The maximum absolute atomic E-state index is 14.5. The smallest absolute Gasteiger partial charge is 0.147 e. The van der Waals surface area contributed by atoms with Gasteiger partial charge in [-0.25, -0.2) is 9.37 Å². The summed E-state index contributed by atoms with van der Waals surface area (Å²) in [4.78, 5) is 12.0. The van der Waals surface area contributed by atoms with Crippen molar-refractivity contribution in [1.82, 2.24) is 20.2 Å². The number of hydrogen-bond acceptors (Lipinski definition) is 5. The van der Waals surface area contributed by atoms with E-state index in [2.05, 4.69) is 22.0 Å². The lowest BCUT2D eigenvalue weighted by Gasteiger charge is -2.32. The molecule has 1 saturated heterocycles. The molecule has 7 heteroatoms. The van der Waals surface area contributed by atoms with Gasteiger partial charge in [0, 0.05) is 29.6 Å². The van der Waals surface area contributed by atoms with Crippen molar-refractivity contribution >= 4 is 16.7 Å². The van der Waals surface area contributed by atoms with E-state index in [1.165, 1.54) is 18.6 Å². The van der Waals surface area contributed by atoms with Crippen molar-refractivity contribution in [2.75, 3.05) is 18.0 Å². The van der Waals surface area contributed by atoms with Gasteiger partial charge in [0.05, 0.1) is 34.9 Å². The number of hydrogen-bond donors (Lipinski definition) is 1. The number of aromatic amines is 1. The largest absolute Gasteiger partial charge is 0.355 e. The second-order valence-electron chi connectivity index (χ2n) is 8.24. The summed E-state index contributed by atoms with van der Waals surface area (Å²) >= 11 is 0. The summed E-state index contributed by atoms with van der Waals surface area (Å²) < 4.78 is 14.5. The van der Waals surface area contributed by atoms with E-state index < -0.39 is 5.82 Å². The molecule has 0 atom stereocenters. The van der Waals surface area contributed by atoms with E-state index in [1.54, 1.807) is 12.3 Å². The van der Waals surface area contributed by atoms with Crippen LogP contribution in [0.15, 0.2) is 48.8 Å². The molecule has 0 aliphatic carbocycles. The van der Waals surface area contributed by atoms with Gasteiger partial charge in [0.2, 0.25) is 0 Å². The lowest BCUT2D eigenvalue weighted by molar-refractivity contribution is 0.393. The second-order valence-corrected chi connectivity index (χ2v) is 8.24. The minimum Gasteiger partial charge on any atom is -0.355 e. The van der Waals surface area contributed by atoms with Crippen LogP contribution in [-0.2, 0) is 0 Å². The molecule has 0 radical (unpaired) electrons. The Labute approximate surface area is 185 Å². The predicted octanol–water partition coefficient (Wildman–Crippen LogP) is 5.32. The van der Waals surface area contributed by atoms with Crippen LogP contribution in [0.5, 0.6) is 0 Å². The number of nitriles is 1. The topological polar surface area (TPSA) is 81.5 Å². The summed E-state index contributed by atoms with van der Waals surface area (Å²) in [6.45, 7) is 4.12. The molecule has 1 N–H and O–H groups in total. The van der Waals surface area contributed by atoms with Crippen LogP contribution < -0.4 is 4.90 Å². The molecule has 1 aliphatic heterocycles. The second kappa shape index (κ2) is 8.39. The molecular weight excluding hydrogens is 403 g/mol. The third kappa shape index (κ3) is 3.69. The summed E-state index contributed by atoms with van der Waals surface area (Å²) in [5.41, 5.74) is 3.70. The molecule has 0 spiro atoms. The molecule has 0 amide bonds. The number of fused-ring (bicyclic) bond motifs is 1. The summed E-state index contributed by atoms with van der Waals surface area (Å²) in [6.07, 6.45) is 7.05. The Morgan fingerprint density at radius 3 is 2.62 bits per heavy atom. The fourth-order valence-electron chi connectivity index (χ4n) is 4.36. The highest BCUT2D eigenvalue weighted by Crippen LogP contribution is 2.33. The Balaban J connectivity index is 1.61. The van der Waals surface area contributed by atoms with E-state index in [0.717, 1.165) is 54.1 Å². The average Bonchev–Trinajstić information content (AvgIpc) is 3.32. The van der Waals surface area contributed by atoms with Gasteiger partial charge in [-0.2, -0.15) is 10.4 Å². The van der Waals surface area contributed by atoms with Crippen molar-refractivity contribution in [3.05, 3.63) is 60.2 Å². The zero-order valence-corrected chi connectivity index (χ0v) is 17.8. The quantitative estimate of drug-likeness (QED) is 0.477. The Hall–Kier alpha value is -3.79. The van der Waals surface area contributed by atoms with E-state index in [-0.39, 0.29) is 5.56 Å². The van der Waals surface area contributed by atoms with Gasteiger partial charge in [-0.3, -0.25) is 10.1 Å². The third-order valence-corrected chi connectivity index (χ3v) is 6.35. The standard InChI is InChI=1S/C25H23FN6/c1-2-16-7-9-32(10-8-16)23-15-28-24(17-5-6-22-20(11-17)14-29-31-22)25(30-23)18-3-4-19(13-27)21(26)12-18/h3-6,11-12,14-16H,2,7-10H2,1H3,(H,29,31). The van der Waals surface area contributed by atoms with Crippen LogP contribution in [0.25, 0.3) is 33.4 Å². The minimum atomic E-state index is -0.558. The minimum absolute atomic E-state index is 0.0147. The molecule has 2 aromatic heterocycles. The maximum atomic E-state index is 14.5. The highest BCUT2D eigenvalue weighted by atomic mass is 19.1. The molecule has 3 heterocycles. The number of piperidine rings is 1. The number of benzene rings is 2. The van der Waals surface area contributed by atoms with Gasteiger partial charge < -0.3 is 4.90 Å². The number of H-pyrrole nitrogens is 1. The molecule has 0 unspecified atom stereocenters. The lowest BCUT2D eigenvalue weighted by atomic mass is 9.94. The van der Waals surface area contributed by atoms with E-state index in [1.807, 2.05) is 30.5 Å². The van der Waals surface area contributed by atoms with Gasteiger partial charge >= 0.3 is 0 Å². The Bertz CT molecular complexity index is 1310. The molecule has 0 saturated carbocycles. The van der Waals surface area contributed by atoms with Crippen LogP contribution >= 0.6 is 0 Å². The van der Waals surface area contributed by atoms with E-state index in [4.69, 9.17) is 15.2 Å². The van der Waals surface area contributed by atoms with Crippen molar-refractivity contribution in [2.24, 2.45) is 5.92 Å². The van der Waals surface area contributed by atoms with Crippen LogP contribution in [0, 0.1) is 23.1 Å². The van der Waals surface area contributed by atoms with Crippen molar-refractivity contribution in [2.45, 2.75) is 26.2 Å². The van der Waals surface area contributed by atoms with Crippen LogP contribution in [-0.4, -0.2) is 33.3 Å². The number of halogens is 1. The summed E-state index contributed by atoms with van der Waals surface area (Å²) in [5.74, 6) is 0.997. The number of nitrogens with zero attached hydrogens (tertiary/aromatic N) is 5. The predicted molar refractivity (Wildman–Crippen MR) is 122 cm³/mol. The molecule has 6 nitrogen and oxygen atoms in total. The van der Waals surface area contributed by atoms with Crippen LogP contribution in [0.1, 0.15) is 31.7 Å². The van der Waals surface area contributed by atoms with Gasteiger partial charge in [-0.15, -0.1) is 0 Å². The molecule has 0 bridgehead atoms. The first-order chi connectivity index (χ1) is 15.7. The Morgan fingerprint density at radius 1 is 1.09 bits per heavy atom. The van der Waals surface area contributed by atoms with Crippen LogP contribution in [0.3, 0.4) is 0 Å². The Kier molecular flexibility index (Phi) is 5.28. The molecule has 2 aromatic carbocycles. The molecule has 32 heavy (non-hydrogen) atoms. The molecule has 160 valence electrons. The van der Waals surface area contributed by atoms with Crippen molar-refractivity contribution < 1.29 is 4.39 Å². The summed E-state index contributed by atoms with van der Waals surface area (Å²) in [6, 6.07) is 12.4. The summed E-state index contributed by atoms with van der Waals surface area (Å²) in [5, 5.41) is 17.1. The Morgan fingerprint density at radius 2 is 1.88 bits per heavy atom. The van der Waals surface area contributed by atoms with E-state index >= 15 is 0 Å². The van der Waals surface area contributed by atoms with E-state index in [0.29, 0.717) is 17.0 Å². The van der Waals surface area contributed by atoms with Gasteiger partial charge in [0.1, 0.15) is 17.7 Å². The fraction of sp³-hybridized carbons (Fsp3) is 0.280. The highest BCUT2D eigenvalue weighted by molar-refractivity contribution is 5.87. The third-order valence-electron chi connectivity index (χ3n) is 6.35. The van der Waals surface area contributed by atoms with Crippen molar-refractivity contribution in [3.63, 3.8) is 0 Å². The maximum Gasteiger partial charge on any atom is 0.147 e. The molecule has 4 aromatic rings. The van der Waals surface area contributed by atoms with Crippen molar-refractivity contribution in [1.29, 1.82) is 5.26 Å². The molecular formula is C25H23FN6. The first kappa shape index (κ1) is 20.1. The van der Waals surface area contributed by atoms with Crippen molar-refractivity contribution in [3.8, 4) is 28.6 Å². The highest BCUT2D eigenvalue weighted by Gasteiger charge is 2.21. The molecule has 1 aliphatic rings. The fourth-order valence-corrected chi connectivity index (χ4v) is 4.36. The zero-order valence-electron chi connectivity index (χ0n) is 17.8.